The fourth-order valence-electron chi connectivity index (χ4n) is 1.79. The van der Waals surface area contributed by atoms with E-state index in [0.29, 0.717) is 18.3 Å². The van der Waals surface area contributed by atoms with E-state index in [1.807, 2.05) is 0 Å². The van der Waals surface area contributed by atoms with Crippen LogP contribution >= 0.6 is 0 Å². The third-order valence-electron chi connectivity index (χ3n) is 2.96. The summed E-state index contributed by atoms with van der Waals surface area (Å²) in [5.74, 6) is 0.855. The van der Waals surface area contributed by atoms with Crippen LogP contribution < -0.4 is 5.32 Å². The quantitative estimate of drug-likeness (QED) is 0.865. The van der Waals surface area contributed by atoms with Crippen LogP contribution in [0.15, 0.2) is 30.6 Å². The van der Waals surface area contributed by atoms with Crippen molar-refractivity contribution in [2.45, 2.75) is 32.6 Å². The number of carbonyl (C=O) groups excluding carboxylic acids is 1. The maximum atomic E-state index is 11.7. The van der Waals surface area contributed by atoms with Crippen LogP contribution in [0.3, 0.4) is 0 Å². The second-order valence-corrected chi connectivity index (χ2v) is 4.78. The first-order chi connectivity index (χ1) is 9.15. The summed E-state index contributed by atoms with van der Waals surface area (Å²) in [6.07, 6.45) is 2.51. The largest absolute Gasteiger partial charge is 0.295 e. The van der Waals surface area contributed by atoms with E-state index in [0.717, 1.165) is 12.0 Å². The number of aryl methyl sites for hydroxylation is 1. The molecular weight excluding hydrogens is 240 g/mol. The van der Waals surface area contributed by atoms with Gasteiger partial charge in [-0.15, -0.1) is 0 Å². The highest BCUT2D eigenvalue weighted by Gasteiger charge is 2.05. The molecule has 0 radical (unpaired) electrons. The first kappa shape index (κ1) is 13.3. The molecule has 0 fully saturated rings. The summed E-state index contributed by atoms with van der Waals surface area (Å²) in [5.41, 5.74) is 2.48. The Kier molecular flexibility index (Phi) is 4.28. The number of nitrogens with zero attached hydrogens (tertiary/aromatic N) is 2. The zero-order valence-corrected chi connectivity index (χ0v) is 11.2. The zero-order chi connectivity index (χ0) is 13.7. The van der Waals surface area contributed by atoms with E-state index in [1.54, 1.807) is 0 Å². The Labute approximate surface area is 112 Å². The molecule has 2 rings (SSSR count). The van der Waals surface area contributed by atoms with Crippen molar-refractivity contribution in [2.24, 2.45) is 0 Å². The summed E-state index contributed by atoms with van der Waals surface area (Å²) in [4.78, 5) is 15.5. The highest BCUT2D eigenvalue weighted by atomic mass is 16.1. The Bertz CT molecular complexity index is 517. The van der Waals surface area contributed by atoms with Crippen LogP contribution in [-0.2, 0) is 11.2 Å². The van der Waals surface area contributed by atoms with Gasteiger partial charge in [-0.2, -0.15) is 10.1 Å². The third-order valence-corrected chi connectivity index (χ3v) is 2.96. The third kappa shape index (κ3) is 3.91. The van der Waals surface area contributed by atoms with Gasteiger partial charge in [-0.25, -0.2) is 5.10 Å². The monoisotopic (exact) mass is 258 g/mol. The number of rotatable bonds is 5. The molecule has 19 heavy (non-hydrogen) atoms. The summed E-state index contributed by atoms with van der Waals surface area (Å²) >= 11 is 0. The van der Waals surface area contributed by atoms with E-state index in [4.69, 9.17) is 0 Å². The summed E-state index contributed by atoms with van der Waals surface area (Å²) in [6.45, 7) is 4.33. The van der Waals surface area contributed by atoms with Crippen LogP contribution in [0.2, 0.25) is 0 Å². The van der Waals surface area contributed by atoms with Crippen LogP contribution in [-0.4, -0.2) is 21.1 Å². The SMILES string of the molecule is CC(C)c1ccc(CCC(=O)Nc2ncn[nH]2)cc1. The smallest absolute Gasteiger partial charge is 0.227 e. The number of nitrogens with one attached hydrogen (secondary N) is 2. The van der Waals surface area contributed by atoms with Gasteiger partial charge in [0.2, 0.25) is 11.9 Å². The highest BCUT2D eigenvalue weighted by Crippen LogP contribution is 2.15. The molecular formula is C14H18N4O. The highest BCUT2D eigenvalue weighted by molar-refractivity contribution is 5.88. The molecule has 0 spiro atoms. The van der Waals surface area contributed by atoms with Crippen molar-refractivity contribution in [3.05, 3.63) is 41.7 Å². The minimum absolute atomic E-state index is 0.0651. The molecule has 0 saturated heterocycles. The number of hydrogen-bond donors (Lipinski definition) is 2. The minimum Gasteiger partial charge on any atom is -0.295 e. The topological polar surface area (TPSA) is 70.7 Å². The lowest BCUT2D eigenvalue weighted by Gasteiger charge is -2.06. The van der Waals surface area contributed by atoms with Crippen LogP contribution in [0.25, 0.3) is 0 Å². The standard InChI is InChI=1S/C14H18N4O/c1-10(2)12-6-3-11(4-7-12)5-8-13(19)17-14-15-9-16-18-14/h3-4,6-7,9-10H,5,8H2,1-2H3,(H2,15,16,17,18,19). The fraction of sp³-hybridized carbons (Fsp3) is 0.357. The van der Waals surface area contributed by atoms with Gasteiger partial charge in [0.1, 0.15) is 6.33 Å². The van der Waals surface area contributed by atoms with Crippen molar-refractivity contribution in [1.29, 1.82) is 0 Å². The van der Waals surface area contributed by atoms with Gasteiger partial charge >= 0.3 is 0 Å². The molecule has 1 aromatic heterocycles. The van der Waals surface area contributed by atoms with Gasteiger partial charge in [0.25, 0.3) is 0 Å². The van der Waals surface area contributed by atoms with Gasteiger partial charge in [-0.3, -0.25) is 10.1 Å². The number of carbonyl (C=O) groups is 1. The number of benzene rings is 1. The molecule has 0 aliphatic carbocycles. The summed E-state index contributed by atoms with van der Waals surface area (Å²) in [5, 5.41) is 8.92. The molecule has 0 unspecified atom stereocenters. The van der Waals surface area contributed by atoms with Gasteiger partial charge in [0.15, 0.2) is 0 Å². The minimum atomic E-state index is -0.0651. The lowest BCUT2D eigenvalue weighted by atomic mass is 10.0. The normalized spacial score (nSPS) is 10.7. The first-order valence-electron chi connectivity index (χ1n) is 6.39. The lowest BCUT2D eigenvalue weighted by Crippen LogP contribution is -2.13. The number of anilines is 1. The van der Waals surface area contributed by atoms with Gasteiger partial charge in [-0.05, 0) is 23.5 Å². The predicted octanol–water partition coefficient (Wildman–Crippen LogP) is 2.50. The lowest BCUT2D eigenvalue weighted by molar-refractivity contribution is -0.116. The molecule has 2 aromatic rings. The average molecular weight is 258 g/mol. The molecule has 0 aliphatic heterocycles. The van der Waals surface area contributed by atoms with E-state index in [1.165, 1.54) is 11.9 Å². The number of H-pyrrole nitrogens is 1. The van der Waals surface area contributed by atoms with E-state index in [-0.39, 0.29) is 5.91 Å². The molecule has 100 valence electrons. The van der Waals surface area contributed by atoms with Gasteiger partial charge < -0.3 is 0 Å². The molecule has 5 heteroatoms. The molecule has 0 bridgehead atoms. The molecule has 2 N–H and O–H groups in total. The van der Waals surface area contributed by atoms with Crippen molar-refractivity contribution in [3.63, 3.8) is 0 Å². The van der Waals surface area contributed by atoms with E-state index in [9.17, 15) is 4.79 Å². The Morgan fingerprint density at radius 2 is 2.05 bits per heavy atom. The van der Waals surface area contributed by atoms with Gasteiger partial charge in [0, 0.05) is 6.42 Å². The second-order valence-electron chi connectivity index (χ2n) is 4.78. The van der Waals surface area contributed by atoms with Crippen molar-refractivity contribution in [3.8, 4) is 0 Å². The van der Waals surface area contributed by atoms with Gasteiger partial charge in [-0.1, -0.05) is 38.1 Å². The van der Waals surface area contributed by atoms with Crippen LogP contribution in [0.4, 0.5) is 5.95 Å². The summed E-state index contributed by atoms with van der Waals surface area (Å²) in [7, 11) is 0. The van der Waals surface area contributed by atoms with E-state index >= 15 is 0 Å². The Balaban J connectivity index is 1.83. The van der Waals surface area contributed by atoms with Crippen LogP contribution in [0.1, 0.15) is 37.3 Å². The Morgan fingerprint density at radius 1 is 1.32 bits per heavy atom. The van der Waals surface area contributed by atoms with E-state index < -0.39 is 0 Å². The second kappa shape index (κ2) is 6.13. The molecule has 1 amide bonds. The number of aromatic amines is 1. The Morgan fingerprint density at radius 3 is 2.63 bits per heavy atom. The number of amides is 1. The molecule has 1 aromatic carbocycles. The summed E-state index contributed by atoms with van der Waals surface area (Å²) < 4.78 is 0. The zero-order valence-electron chi connectivity index (χ0n) is 11.2. The van der Waals surface area contributed by atoms with Crippen molar-refractivity contribution in [1.82, 2.24) is 15.2 Å². The maximum Gasteiger partial charge on any atom is 0.227 e. The predicted molar refractivity (Wildman–Crippen MR) is 73.9 cm³/mol. The molecule has 0 aliphatic rings. The Hall–Kier alpha value is -2.17. The van der Waals surface area contributed by atoms with Gasteiger partial charge in [0.05, 0.1) is 0 Å². The molecule has 0 saturated carbocycles. The first-order valence-corrected chi connectivity index (χ1v) is 6.39. The van der Waals surface area contributed by atoms with Crippen molar-refractivity contribution < 1.29 is 4.79 Å². The molecule has 1 heterocycles. The summed E-state index contributed by atoms with van der Waals surface area (Å²) in [6, 6.07) is 8.40. The average Bonchev–Trinajstić information content (AvgIpc) is 2.89. The maximum absolute atomic E-state index is 11.7. The molecule has 5 nitrogen and oxygen atoms in total. The van der Waals surface area contributed by atoms with Crippen molar-refractivity contribution >= 4 is 11.9 Å². The fourth-order valence-corrected chi connectivity index (χ4v) is 1.79. The van der Waals surface area contributed by atoms with E-state index in [2.05, 4.69) is 58.6 Å². The number of hydrogen-bond acceptors (Lipinski definition) is 3. The van der Waals surface area contributed by atoms with Crippen LogP contribution in [0, 0.1) is 0 Å². The van der Waals surface area contributed by atoms with Crippen LogP contribution in [0.5, 0.6) is 0 Å². The van der Waals surface area contributed by atoms with Crippen molar-refractivity contribution in [2.75, 3.05) is 5.32 Å². The molecule has 0 atom stereocenters. The number of aromatic nitrogens is 3.